The van der Waals surface area contributed by atoms with Gasteiger partial charge in [0.15, 0.2) is 0 Å². The fraction of sp³-hybridized carbons (Fsp3) is 0.462. The average molecular weight is 230 g/mol. The van der Waals surface area contributed by atoms with Crippen LogP contribution in [0.1, 0.15) is 18.4 Å². The lowest BCUT2D eigenvalue weighted by Gasteiger charge is -2.10. The molecule has 0 saturated heterocycles. The summed E-state index contributed by atoms with van der Waals surface area (Å²) in [5, 5.41) is 3.42. The van der Waals surface area contributed by atoms with Gasteiger partial charge in [-0.25, -0.2) is 4.98 Å². The summed E-state index contributed by atoms with van der Waals surface area (Å²) in [6.07, 6.45) is 4.15. The molecule has 3 N–H and O–H groups in total. The number of fused-ring (bicyclic) bond motifs is 1. The van der Waals surface area contributed by atoms with E-state index < -0.39 is 0 Å². The summed E-state index contributed by atoms with van der Waals surface area (Å²) in [5.74, 6) is 0. The molecule has 1 saturated carbocycles. The molecule has 17 heavy (non-hydrogen) atoms. The largest absolute Gasteiger partial charge is 0.334 e. The van der Waals surface area contributed by atoms with Crippen molar-refractivity contribution in [3.05, 3.63) is 30.1 Å². The Kier molecular flexibility index (Phi) is 2.42. The summed E-state index contributed by atoms with van der Waals surface area (Å²) in [4.78, 5) is 4.36. The summed E-state index contributed by atoms with van der Waals surface area (Å²) in [6, 6.07) is 6.40. The van der Waals surface area contributed by atoms with Crippen molar-refractivity contribution in [2.24, 2.45) is 12.8 Å². The van der Waals surface area contributed by atoms with Crippen LogP contribution < -0.4 is 11.1 Å². The predicted octanol–water partition coefficient (Wildman–Crippen LogP) is 1.15. The maximum absolute atomic E-state index is 6.03. The van der Waals surface area contributed by atoms with Gasteiger partial charge in [0.1, 0.15) is 0 Å². The highest BCUT2D eigenvalue weighted by Gasteiger charge is 2.37. The van der Waals surface area contributed by atoms with Gasteiger partial charge in [-0.15, -0.1) is 0 Å². The fourth-order valence-corrected chi connectivity index (χ4v) is 2.08. The van der Waals surface area contributed by atoms with Gasteiger partial charge in [0.25, 0.3) is 0 Å². The van der Waals surface area contributed by atoms with Gasteiger partial charge in [-0.05, 0) is 30.5 Å². The fourth-order valence-electron chi connectivity index (χ4n) is 2.08. The smallest absolute Gasteiger partial charge is 0.0955 e. The topological polar surface area (TPSA) is 55.9 Å². The lowest BCUT2D eigenvalue weighted by Crippen LogP contribution is -2.35. The Balaban J connectivity index is 1.68. The number of nitrogens with zero attached hydrogens (tertiary/aromatic N) is 2. The molecule has 0 amide bonds. The second-order valence-corrected chi connectivity index (χ2v) is 5.14. The van der Waals surface area contributed by atoms with Crippen LogP contribution in [0.25, 0.3) is 11.0 Å². The molecule has 1 aromatic carbocycles. The molecule has 0 radical (unpaired) electrons. The molecule has 1 aliphatic rings. The average Bonchev–Trinajstić information content (AvgIpc) is 2.93. The minimum Gasteiger partial charge on any atom is -0.334 e. The van der Waals surface area contributed by atoms with Gasteiger partial charge < -0.3 is 15.6 Å². The number of nitrogens with two attached hydrogens (primary N) is 1. The monoisotopic (exact) mass is 230 g/mol. The lowest BCUT2D eigenvalue weighted by molar-refractivity contribution is 0.569. The van der Waals surface area contributed by atoms with Crippen molar-refractivity contribution < 1.29 is 0 Å². The highest BCUT2D eigenvalue weighted by Crippen LogP contribution is 2.31. The maximum Gasteiger partial charge on any atom is 0.0955 e. The molecule has 2 aromatic rings. The van der Waals surface area contributed by atoms with E-state index in [0.717, 1.165) is 31.4 Å². The van der Waals surface area contributed by atoms with Crippen molar-refractivity contribution in [1.29, 1.82) is 0 Å². The van der Waals surface area contributed by atoms with Crippen molar-refractivity contribution in [1.82, 2.24) is 14.9 Å². The van der Waals surface area contributed by atoms with E-state index in [9.17, 15) is 0 Å². The number of aromatic nitrogens is 2. The summed E-state index contributed by atoms with van der Waals surface area (Å²) in [6.45, 7) is 1.78. The lowest BCUT2D eigenvalue weighted by atomic mass is 10.2. The number of imidazole rings is 1. The molecule has 90 valence electrons. The molecular formula is C13H18N4. The molecule has 1 aliphatic carbocycles. The van der Waals surface area contributed by atoms with Crippen molar-refractivity contribution in [3.63, 3.8) is 0 Å². The van der Waals surface area contributed by atoms with Crippen LogP contribution in [-0.2, 0) is 13.6 Å². The molecule has 3 rings (SSSR count). The number of aryl methyl sites for hydroxylation is 1. The normalized spacial score (nSPS) is 17.5. The van der Waals surface area contributed by atoms with Crippen LogP contribution in [0.3, 0.4) is 0 Å². The zero-order chi connectivity index (χ0) is 11.9. The van der Waals surface area contributed by atoms with Crippen LogP contribution in [0, 0.1) is 0 Å². The molecule has 4 nitrogen and oxygen atoms in total. The van der Waals surface area contributed by atoms with Gasteiger partial charge in [0.2, 0.25) is 0 Å². The number of hydrogen-bond acceptors (Lipinski definition) is 3. The van der Waals surface area contributed by atoms with E-state index in [4.69, 9.17) is 5.73 Å². The Bertz CT molecular complexity index is 539. The van der Waals surface area contributed by atoms with Crippen molar-refractivity contribution in [2.45, 2.75) is 24.9 Å². The minimum atomic E-state index is 0.0785. The second kappa shape index (κ2) is 3.82. The molecule has 0 atom stereocenters. The highest BCUT2D eigenvalue weighted by atomic mass is 15.0. The van der Waals surface area contributed by atoms with Crippen LogP contribution in [0.4, 0.5) is 0 Å². The highest BCUT2D eigenvalue weighted by molar-refractivity contribution is 5.75. The van der Waals surface area contributed by atoms with Gasteiger partial charge in [0.05, 0.1) is 17.4 Å². The zero-order valence-corrected chi connectivity index (χ0v) is 10.1. The van der Waals surface area contributed by atoms with Crippen LogP contribution in [0.5, 0.6) is 0 Å². The van der Waals surface area contributed by atoms with Crippen LogP contribution >= 0.6 is 0 Å². The molecular weight excluding hydrogens is 212 g/mol. The number of rotatable bonds is 4. The Morgan fingerprint density at radius 3 is 3.06 bits per heavy atom. The first-order valence-electron chi connectivity index (χ1n) is 6.06. The molecule has 1 fully saturated rings. The Hall–Kier alpha value is -1.39. The molecule has 0 aliphatic heterocycles. The third-order valence-electron chi connectivity index (χ3n) is 3.49. The van der Waals surface area contributed by atoms with E-state index in [0.29, 0.717) is 0 Å². The first-order chi connectivity index (χ1) is 8.16. The van der Waals surface area contributed by atoms with Crippen LogP contribution in [-0.4, -0.2) is 21.6 Å². The maximum atomic E-state index is 6.03. The van der Waals surface area contributed by atoms with Crippen LogP contribution in [0.15, 0.2) is 24.5 Å². The predicted molar refractivity (Wildman–Crippen MR) is 68.6 cm³/mol. The van der Waals surface area contributed by atoms with Crippen LogP contribution in [0.2, 0.25) is 0 Å². The summed E-state index contributed by atoms with van der Waals surface area (Å²) >= 11 is 0. The van der Waals surface area contributed by atoms with E-state index in [2.05, 4.69) is 28.5 Å². The quantitative estimate of drug-likeness (QED) is 0.828. The number of benzene rings is 1. The molecule has 0 spiro atoms. The van der Waals surface area contributed by atoms with Gasteiger partial charge >= 0.3 is 0 Å². The second-order valence-electron chi connectivity index (χ2n) is 5.14. The SMILES string of the molecule is Cn1cnc2cc(CNCC3(N)CC3)ccc21. The molecule has 4 heteroatoms. The zero-order valence-electron chi connectivity index (χ0n) is 10.1. The Morgan fingerprint density at radius 2 is 2.29 bits per heavy atom. The molecule has 1 aromatic heterocycles. The van der Waals surface area contributed by atoms with Gasteiger partial charge in [-0.1, -0.05) is 6.07 Å². The van der Waals surface area contributed by atoms with E-state index >= 15 is 0 Å². The third-order valence-corrected chi connectivity index (χ3v) is 3.49. The first-order valence-corrected chi connectivity index (χ1v) is 6.06. The summed E-state index contributed by atoms with van der Waals surface area (Å²) in [5.41, 5.74) is 9.60. The number of nitrogens with one attached hydrogen (secondary N) is 1. The van der Waals surface area contributed by atoms with Crippen molar-refractivity contribution in [3.8, 4) is 0 Å². The Labute approximate surface area is 101 Å². The van der Waals surface area contributed by atoms with E-state index in [1.54, 1.807) is 0 Å². The molecule has 1 heterocycles. The Morgan fingerprint density at radius 1 is 1.47 bits per heavy atom. The summed E-state index contributed by atoms with van der Waals surface area (Å²) < 4.78 is 2.03. The van der Waals surface area contributed by atoms with Crippen molar-refractivity contribution >= 4 is 11.0 Å². The third kappa shape index (κ3) is 2.18. The van der Waals surface area contributed by atoms with Crippen molar-refractivity contribution in [2.75, 3.05) is 6.54 Å². The number of hydrogen-bond donors (Lipinski definition) is 2. The molecule has 0 unspecified atom stereocenters. The van der Waals surface area contributed by atoms with Gasteiger partial charge in [-0.2, -0.15) is 0 Å². The standard InChI is InChI=1S/C13H18N4/c1-17-9-16-11-6-10(2-3-12(11)17)7-15-8-13(14)4-5-13/h2-3,6,9,15H,4-5,7-8,14H2,1H3. The van der Waals surface area contributed by atoms with E-state index in [1.807, 2.05) is 17.9 Å². The summed E-state index contributed by atoms with van der Waals surface area (Å²) in [7, 11) is 2.01. The van der Waals surface area contributed by atoms with E-state index in [-0.39, 0.29) is 5.54 Å². The van der Waals surface area contributed by atoms with Gasteiger partial charge in [0, 0.05) is 25.7 Å². The molecule has 0 bridgehead atoms. The first kappa shape index (κ1) is 10.7. The van der Waals surface area contributed by atoms with Gasteiger partial charge in [-0.3, -0.25) is 0 Å². The minimum absolute atomic E-state index is 0.0785. The van der Waals surface area contributed by atoms with E-state index in [1.165, 1.54) is 11.1 Å².